The first kappa shape index (κ1) is 15.3. The summed E-state index contributed by atoms with van der Waals surface area (Å²) in [6, 6.07) is 1.42. The van der Waals surface area contributed by atoms with Gasteiger partial charge in [0.25, 0.3) is 0 Å². The van der Waals surface area contributed by atoms with Crippen LogP contribution in [0.4, 0.5) is 0 Å². The summed E-state index contributed by atoms with van der Waals surface area (Å²) < 4.78 is 0. The number of piperidine rings is 1. The Hall–Kier alpha value is -0.120. The van der Waals surface area contributed by atoms with Gasteiger partial charge in [0.15, 0.2) is 0 Å². The number of hydrogen-bond donors (Lipinski definition) is 1. The standard InChI is InChI=1S/C16H33N3/c1-13-5-4-6-14(11-13)16(12-17)19-9-7-15(8-10-19)18(2)3/h13-16H,4-12,17H2,1-3H3. The minimum atomic E-state index is 0.644. The Bertz CT molecular complexity index is 259. The van der Waals surface area contributed by atoms with E-state index in [1.54, 1.807) is 0 Å². The van der Waals surface area contributed by atoms with Gasteiger partial charge >= 0.3 is 0 Å². The molecule has 3 heteroatoms. The average molecular weight is 267 g/mol. The summed E-state index contributed by atoms with van der Waals surface area (Å²) in [7, 11) is 4.42. The zero-order valence-electron chi connectivity index (χ0n) is 13.1. The molecular formula is C16H33N3. The predicted octanol–water partition coefficient (Wildman–Crippen LogP) is 2.17. The Balaban J connectivity index is 1.88. The third-order valence-corrected chi connectivity index (χ3v) is 5.46. The molecule has 0 aromatic heterocycles. The van der Waals surface area contributed by atoms with Crippen LogP contribution >= 0.6 is 0 Å². The van der Waals surface area contributed by atoms with Crippen LogP contribution in [0.5, 0.6) is 0 Å². The summed E-state index contributed by atoms with van der Waals surface area (Å²) >= 11 is 0. The molecule has 0 amide bonds. The Kier molecular flexibility index (Phi) is 5.67. The number of hydrogen-bond acceptors (Lipinski definition) is 3. The van der Waals surface area contributed by atoms with Gasteiger partial charge in [-0.25, -0.2) is 0 Å². The van der Waals surface area contributed by atoms with Crippen molar-refractivity contribution in [2.24, 2.45) is 17.6 Å². The first-order chi connectivity index (χ1) is 9.11. The van der Waals surface area contributed by atoms with E-state index in [2.05, 4.69) is 30.8 Å². The molecule has 0 bridgehead atoms. The molecule has 2 aliphatic rings. The van der Waals surface area contributed by atoms with E-state index in [-0.39, 0.29) is 0 Å². The third kappa shape index (κ3) is 3.93. The van der Waals surface area contributed by atoms with E-state index in [4.69, 9.17) is 5.73 Å². The van der Waals surface area contributed by atoms with Crippen molar-refractivity contribution in [3.8, 4) is 0 Å². The van der Waals surface area contributed by atoms with Crippen LogP contribution in [-0.4, -0.2) is 55.6 Å². The summed E-state index contributed by atoms with van der Waals surface area (Å²) in [6.07, 6.45) is 8.26. The lowest BCUT2D eigenvalue weighted by Gasteiger charge is -2.44. The average Bonchev–Trinajstić information content (AvgIpc) is 2.40. The molecule has 0 spiro atoms. The van der Waals surface area contributed by atoms with Crippen molar-refractivity contribution in [1.82, 2.24) is 9.80 Å². The van der Waals surface area contributed by atoms with Gasteiger partial charge in [-0.3, -0.25) is 4.90 Å². The molecule has 112 valence electrons. The SMILES string of the molecule is CC1CCCC(C(CN)N2CCC(N(C)C)CC2)C1. The van der Waals surface area contributed by atoms with Crippen LogP contribution in [0, 0.1) is 11.8 Å². The van der Waals surface area contributed by atoms with Gasteiger partial charge in [-0.05, 0) is 64.7 Å². The summed E-state index contributed by atoms with van der Waals surface area (Å²) in [6.45, 7) is 5.76. The molecule has 1 aliphatic heterocycles. The highest BCUT2D eigenvalue weighted by Crippen LogP contribution is 2.33. The number of nitrogens with two attached hydrogens (primary N) is 1. The molecule has 0 aromatic rings. The summed E-state index contributed by atoms with van der Waals surface area (Å²) in [5, 5.41) is 0. The fourth-order valence-corrected chi connectivity index (χ4v) is 4.20. The van der Waals surface area contributed by atoms with E-state index < -0.39 is 0 Å². The van der Waals surface area contributed by atoms with E-state index in [1.165, 1.54) is 51.6 Å². The van der Waals surface area contributed by atoms with Crippen LogP contribution in [0.15, 0.2) is 0 Å². The number of likely N-dealkylation sites (tertiary alicyclic amines) is 1. The Morgan fingerprint density at radius 3 is 2.37 bits per heavy atom. The van der Waals surface area contributed by atoms with Gasteiger partial charge in [-0.2, -0.15) is 0 Å². The lowest BCUT2D eigenvalue weighted by molar-refractivity contribution is 0.0640. The third-order valence-electron chi connectivity index (χ3n) is 5.46. The summed E-state index contributed by atoms with van der Waals surface area (Å²) in [5.41, 5.74) is 6.12. The largest absolute Gasteiger partial charge is 0.329 e. The van der Waals surface area contributed by atoms with Gasteiger partial charge in [0.1, 0.15) is 0 Å². The van der Waals surface area contributed by atoms with Crippen molar-refractivity contribution >= 4 is 0 Å². The van der Waals surface area contributed by atoms with Crippen molar-refractivity contribution in [1.29, 1.82) is 0 Å². The van der Waals surface area contributed by atoms with E-state index in [0.29, 0.717) is 6.04 Å². The van der Waals surface area contributed by atoms with Gasteiger partial charge in [0.2, 0.25) is 0 Å². The summed E-state index contributed by atoms with van der Waals surface area (Å²) in [5.74, 6) is 1.76. The molecule has 0 radical (unpaired) electrons. The first-order valence-corrected chi connectivity index (χ1v) is 8.22. The number of nitrogens with zero attached hydrogens (tertiary/aromatic N) is 2. The monoisotopic (exact) mass is 267 g/mol. The molecule has 2 fully saturated rings. The van der Waals surface area contributed by atoms with Gasteiger partial charge in [0, 0.05) is 18.6 Å². The molecule has 1 heterocycles. The minimum absolute atomic E-state index is 0.644. The van der Waals surface area contributed by atoms with Crippen molar-refractivity contribution in [3.05, 3.63) is 0 Å². The van der Waals surface area contributed by atoms with Gasteiger partial charge in [0.05, 0.1) is 0 Å². The molecule has 1 saturated carbocycles. The highest BCUT2D eigenvalue weighted by molar-refractivity contribution is 4.88. The Morgan fingerprint density at radius 1 is 1.16 bits per heavy atom. The second-order valence-corrected chi connectivity index (χ2v) is 7.07. The topological polar surface area (TPSA) is 32.5 Å². The molecule has 1 saturated heterocycles. The zero-order valence-corrected chi connectivity index (χ0v) is 13.1. The second-order valence-electron chi connectivity index (χ2n) is 7.07. The highest BCUT2D eigenvalue weighted by atomic mass is 15.2. The van der Waals surface area contributed by atoms with Crippen LogP contribution in [0.3, 0.4) is 0 Å². The van der Waals surface area contributed by atoms with Gasteiger partial charge in [-0.15, -0.1) is 0 Å². The molecule has 3 nitrogen and oxygen atoms in total. The predicted molar refractivity (Wildman–Crippen MR) is 82.2 cm³/mol. The van der Waals surface area contributed by atoms with Crippen LogP contribution in [0.1, 0.15) is 45.4 Å². The van der Waals surface area contributed by atoms with Gasteiger partial charge < -0.3 is 10.6 Å². The lowest BCUT2D eigenvalue weighted by atomic mass is 9.77. The fraction of sp³-hybridized carbons (Fsp3) is 1.00. The van der Waals surface area contributed by atoms with Crippen molar-refractivity contribution in [2.45, 2.75) is 57.5 Å². The molecule has 3 unspecified atom stereocenters. The quantitative estimate of drug-likeness (QED) is 0.847. The maximum absolute atomic E-state index is 6.12. The minimum Gasteiger partial charge on any atom is -0.329 e. The van der Waals surface area contributed by atoms with Crippen molar-refractivity contribution < 1.29 is 0 Å². The second kappa shape index (κ2) is 7.05. The maximum Gasteiger partial charge on any atom is 0.0246 e. The first-order valence-electron chi connectivity index (χ1n) is 8.22. The molecule has 1 aliphatic carbocycles. The van der Waals surface area contributed by atoms with E-state index >= 15 is 0 Å². The van der Waals surface area contributed by atoms with Crippen LogP contribution in [0.25, 0.3) is 0 Å². The Labute approximate surface area is 119 Å². The van der Waals surface area contributed by atoms with E-state index in [0.717, 1.165) is 24.4 Å². The van der Waals surface area contributed by atoms with E-state index in [1.807, 2.05) is 0 Å². The molecular weight excluding hydrogens is 234 g/mol. The van der Waals surface area contributed by atoms with E-state index in [9.17, 15) is 0 Å². The molecule has 2 rings (SSSR count). The van der Waals surface area contributed by atoms with Crippen LogP contribution < -0.4 is 5.73 Å². The molecule has 2 N–H and O–H groups in total. The lowest BCUT2D eigenvalue weighted by Crippen LogP contribution is -2.52. The number of rotatable bonds is 4. The Morgan fingerprint density at radius 2 is 1.84 bits per heavy atom. The maximum atomic E-state index is 6.12. The van der Waals surface area contributed by atoms with Crippen molar-refractivity contribution in [2.75, 3.05) is 33.7 Å². The molecule has 0 aromatic carbocycles. The zero-order chi connectivity index (χ0) is 13.8. The molecule has 19 heavy (non-hydrogen) atoms. The van der Waals surface area contributed by atoms with Crippen LogP contribution in [0.2, 0.25) is 0 Å². The summed E-state index contributed by atoms with van der Waals surface area (Å²) in [4.78, 5) is 5.08. The highest BCUT2D eigenvalue weighted by Gasteiger charge is 2.32. The fourth-order valence-electron chi connectivity index (χ4n) is 4.20. The van der Waals surface area contributed by atoms with Gasteiger partial charge in [-0.1, -0.05) is 19.8 Å². The molecule has 3 atom stereocenters. The van der Waals surface area contributed by atoms with Crippen LogP contribution in [-0.2, 0) is 0 Å². The van der Waals surface area contributed by atoms with Crippen molar-refractivity contribution in [3.63, 3.8) is 0 Å². The normalized spacial score (nSPS) is 32.7. The smallest absolute Gasteiger partial charge is 0.0246 e.